The first kappa shape index (κ1) is 21.6. The number of hydrogen-bond acceptors (Lipinski definition) is 7. The van der Waals surface area contributed by atoms with Gasteiger partial charge in [-0.3, -0.25) is 4.79 Å². The summed E-state index contributed by atoms with van der Waals surface area (Å²) in [5.74, 6) is -2.72. The van der Waals surface area contributed by atoms with E-state index in [1.54, 1.807) is 20.8 Å². The van der Waals surface area contributed by atoms with Crippen LogP contribution in [0.1, 0.15) is 39.7 Å². The maximum atomic E-state index is 11.8. The van der Waals surface area contributed by atoms with Crippen molar-refractivity contribution in [2.24, 2.45) is 11.7 Å². The van der Waals surface area contributed by atoms with Crippen molar-refractivity contribution in [1.82, 2.24) is 0 Å². The van der Waals surface area contributed by atoms with Crippen LogP contribution in [-0.4, -0.2) is 45.2 Å². The summed E-state index contributed by atoms with van der Waals surface area (Å²) in [5, 5.41) is 28.6. The quantitative estimate of drug-likeness (QED) is 0.404. The Labute approximate surface area is 152 Å². The van der Waals surface area contributed by atoms with Gasteiger partial charge in [-0.25, -0.2) is 4.79 Å². The topological polar surface area (TPSA) is 139 Å². The van der Waals surface area contributed by atoms with Gasteiger partial charge in [0.2, 0.25) is 0 Å². The monoisotopic (exact) mass is 369 g/mol. The second-order valence-corrected chi connectivity index (χ2v) is 6.54. The summed E-state index contributed by atoms with van der Waals surface area (Å²) in [7, 11) is 0. The van der Waals surface area contributed by atoms with Crippen molar-refractivity contribution in [1.29, 1.82) is 0 Å². The summed E-state index contributed by atoms with van der Waals surface area (Å²) in [6.45, 7) is 6.68. The molecule has 0 aliphatic heterocycles. The Kier molecular flexibility index (Phi) is 7.26. The fraction of sp³-hybridized carbons (Fsp3) is 0.556. The van der Waals surface area contributed by atoms with Crippen LogP contribution in [0.25, 0.3) is 0 Å². The highest BCUT2D eigenvalue weighted by Gasteiger charge is 2.44. The van der Waals surface area contributed by atoms with Crippen LogP contribution in [0.5, 0.6) is 11.5 Å². The molecule has 0 saturated heterocycles. The predicted molar refractivity (Wildman–Crippen MR) is 94.0 cm³/mol. The van der Waals surface area contributed by atoms with Gasteiger partial charge < -0.3 is 30.5 Å². The van der Waals surface area contributed by atoms with Gasteiger partial charge in [-0.15, -0.1) is 0 Å². The first-order valence-electron chi connectivity index (χ1n) is 8.41. The molecular formula is C18H27NO7. The summed E-state index contributed by atoms with van der Waals surface area (Å²) in [6, 6.07) is 3.96. The third-order valence-corrected chi connectivity index (χ3v) is 4.61. The second-order valence-electron chi connectivity index (χ2n) is 6.54. The molecule has 0 bridgehead atoms. The molecular weight excluding hydrogens is 342 g/mol. The van der Waals surface area contributed by atoms with Gasteiger partial charge in [0.05, 0.1) is 0 Å². The van der Waals surface area contributed by atoms with E-state index in [2.05, 4.69) is 0 Å². The molecule has 0 aliphatic rings. The summed E-state index contributed by atoms with van der Waals surface area (Å²) < 4.78 is 10.2. The lowest BCUT2D eigenvalue weighted by molar-refractivity contribution is -0.147. The Morgan fingerprint density at radius 1 is 1.15 bits per heavy atom. The second kappa shape index (κ2) is 8.75. The Balaban J connectivity index is 2.93. The number of carbonyl (C=O) groups excluding carboxylic acids is 1. The maximum Gasteiger partial charge on any atom is 0.508 e. The van der Waals surface area contributed by atoms with E-state index in [0.717, 1.165) is 0 Å². The lowest BCUT2D eigenvalue weighted by atomic mass is 9.78. The van der Waals surface area contributed by atoms with Crippen molar-refractivity contribution in [3.05, 3.63) is 23.8 Å². The molecule has 8 nitrogen and oxygen atoms in total. The van der Waals surface area contributed by atoms with Crippen LogP contribution in [0.2, 0.25) is 0 Å². The number of ether oxygens (including phenoxy) is 2. The molecule has 8 heteroatoms. The van der Waals surface area contributed by atoms with Crippen molar-refractivity contribution in [3.8, 4) is 11.5 Å². The third kappa shape index (κ3) is 5.26. The highest BCUT2D eigenvalue weighted by Crippen LogP contribution is 2.30. The molecule has 1 rings (SSSR count). The van der Waals surface area contributed by atoms with Gasteiger partial charge in [0.1, 0.15) is 17.7 Å². The van der Waals surface area contributed by atoms with E-state index in [0.29, 0.717) is 12.0 Å². The van der Waals surface area contributed by atoms with Gasteiger partial charge in [-0.2, -0.15) is 0 Å². The number of rotatable bonds is 8. The Morgan fingerprint density at radius 2 is 1.77 bits per heavy atom. The average molecular weight is 369 g/mol. The van der Waals surface area contributed by atoms with Crippen LogP contribution in [-0.2, 0) is 20.7 Å². The molecule has 0 radical (unpaired) electrons. The number of nitrogens with two attached hydrogens (primary N) is 1. The molecule has 26 heavy (non-hydrogen) atoms. The minimum absolute atomic E-state index is 0.133. The molecule has 0 spiro atoms. The molecule has 1 aromatic carbocycles. The van der Waals surface area contributed by atoms with Crippen LogP contribution in [0.3, 0.4) is 0 Å². The Morgan fingerprint density at radius 3 is 2.27 bits per heavy atom. The standard InChI is InChI=1S/C18H27NO7/c1-5-10(2)25-17(24)26-12(4)11(3)18(19,16(22)23)9-13-6-7-14(20)15(21)8-13/h6-8,10-12,20-21H,5,9,19H2,1-4H3,(H,22,23)/t10?,11-,12-,18-/m1/s1. The molecule has 0 amide bonds. The van der Waals surface area contributed by atoms with E-state index in [4.69, 9.17) is 15.2 Å². The Hall–Kier alpha value is -2.48. The SMILES string of the molecule is CCC(C)OC(=O)O[C@H](C)[C@@H](C)[C@](N)(Cc1ccc(O)c(O)c1)C(=O)O. The van der Waals surface area contributed by atoms with Crippen LogP contribution in [0.15, 0.2) is 18.2 Å². The van der Waals surface area contributed by atoms with E-state index in [1.165, 1.54) is 18.2 Å². The summed E-state index contributed by atoms with van der Waals surface area (Å²) >= 11 is 0. The fourth-order valence-corrected chi connectivity index (χ4v) is 2.40. The van der Waals surface area contributed by atoms with Gasteiger partial charge in [-0.1, -0.05) is 19.9 Å². The number of phenols is 2. The molecule has 1 unspecified atom stereocenters. The third-order valence-electron chi connectivity index (χ3n) is 4.61. The van der Waals surface area contributed by atoms with Gasteiger partial charge in [0.15, 0.2) is 11.5 Å². The van der Waals surface area contributed by atoms with Crippen LogP contribution < -0.4 is 5.73 Å². The van der Waals surface area contributed by atoms with Crippen LogP contribution in [0.4, 0.5) is 4.79 Å². The molecule has 0 fully saturated rings. The van der Waals surface area contributed by atoms with E-state index in [-0.39, 0.29) is 24.0 Å². The highest BCUT2D eigenvalue weighted by molar-refractivity contribution is 5.79. The molecule has 4 atom stereocenters. The van der Waals surface area contributed by atoms with E-state index in [9.17, 15) is 24.9 Å². The van der Waals surface area contributed by atoms with Crippen LogP contribution >= 0.6 is 0 Å². The summed E-state index contributed by atoms with van der Waals surface area (Å²) in [5.41, 5.74) is 4.79. The molecule has 0 heterocycles. The molecule has 0 saturated carbocycles. The maximum absolute atomic E-state index is 11.8. The van der Waals surface area contributed by atoms with Crippen molar-refractivity contribution in [2.45, 2.75) is 58.3 Å². The molecule has 5 N–H and O–H groups in total. The summed E-state index contributed by atoms with van der Waals surface area (Å²) in [6.07, 6.45) is -1.52. The van der Waals surface area contributed by atoms with E-state index in [1.807, 2.05) is 6.92 Å². The minimum Gasteiger partial charge on any atom is -0.504 e. The number of carboxylic acids is 1. The number of carbonyl (C=O) groups is 2. The zero-order valence-corrected chi connectivity index (χ0v) is 15.4. The first-order valence-corrected chi connectivity index (χ1v) is 8.41. The first-order chi connectivity index (χ1) is 12.0. The normalized spacial score (nSPS) is 16.8. The number of benzene rings is 1. The Bertz CT molecular complexity index is 648. The van der Waals surface area contributed by atoms with Crippen LogP contribution in [0, 0.1) is 5.92 Å². The molecule has 146 valence electrons. The van der Waals surface area contributed by atoms with Gasteiger partial charge in [0.25, 0.3) is 0 Å². The smallest absolute Gasteiger partial charge is 0.504 e. The van der Waals surface area contributed by atoms with Crippen molar-refractivity contribution in [2.75, 3.05) is 0 Å². The van der Waals surface area contributed by atoms with Gasteiger partial charge >= 0.3 is 12.1 Å². The zero-order chi connectivity index (χ0) is 20.1. The lowest BCUT2D eigenvalue weighted by Crippen LogP contribution is -2.58. The molecule has 0 aromatic heterocycles. The lowest BCUT2D eigenvalue weighted by Gasteiger charge is -2.34. The molecule has 0 aliphatic carbocycles. The van der Waals surface area contributed by atoms with Crippen molar-refractivity contribution in [3.63, 3.8) is 0 Å². The number of hydrogen-bond donors (Lipinski definition) is 4. The number of phenolic OH excluding ortho intramolecular Hbond substituents is 2. The number of carboxylic acid groups (broad SMARTS) is 1. The predicted octanol–water partition coefficient (Wildman–Crippen LogP) is 2.40. The van der Waals surface area contributed by atoms with Crippen molar-refractivity contribution >= 4 is 12.1 Å². The van der Waals surface area contributed by atoms with Gasteiger partial charge in [0, 0.05) is 12.3 Å². The highest BCUT2D eigenvalue weighted by atomic mass is 16.7. The van der Waals surface area contributed by atoms with Gasteiger partial charge in [-0.05, 0) is 38.0 Å². The number of aliphatic carboxylic acids is 1. The van der Waals surface area contributed by atoms with E-state index < -0.39 is 29.7 Å². The minimum atomic E-state index is -1.76. The fourth-order valence-electron chi connectivity index (χ4n) is 2.40. The summed E-state index contributed by atoms with van der Waals surface area (Å²) in [4.78, 5) is 23.6. The van der Waals surface area contributed by atoms with E-state index >= 15 is 0 Å². The molecule has 1 aromatic rings. The largest absolute Gasteiger partial charge is 0.508 e. The van der Waals surface area contributed by atoms with Crippen molar-refractivity contribution < 1.29 is 34.4 Å². The zero-order valence-electron chi connectivity index (χ0n) is 15.4. The average Bonchev–Trinajstić information content (AvgIpc) is 2.56. The number of aromatic hydroxyl groups is 2.